The first-order valence-corrected chi connectivity index (χ1v) is 7.60. The van der Waals surface area contributed by atoms with Gasteiger partial charge in [-0.15, -0.1) is 5.10 Å². The zero-order chi connectivity index (χ0) is 15.5. The molecular weight excluding hydrogens is 327 g/mol. The number of likely N-dealkylation sites (tertiary alicyclic amines) is 1. The summed E-state index contributed by atoms with van der Waals surface area (Å²) >= 11 is 11.8. The number of carbonyl (C=O) groups is 1. The van der Waals surface area contributed by atoms with Crippen LogP contribution >= 0.6 is 23.2 Å². The van der Waals surface area contributed by atoms with Gasteiger partial charge in [-0.3, -0.25) is 4.79 Å². The van der Waals surface area contributed by atoms with Crippen LogP contribution in [0.15, 0.2) is 30.6 Å². The second-order valence-corrected chi connectivity index (χ2v) is 5.87. The highest BCUT2D eigenvalue weighted by atomic mass is 35.5. The van der Waals surface area contributed by atoms with Gasteiger partial charge in [0.25, 0.3) is 5.91 Å². The van der Waals surface area contributed by atoms with Crippen molar-refractivity contribution in [1.82, 2.24) is 19.9 Å². The summed E-state index contributed by atoms with van der Waals surface area (Å²) in [6, 6.07) is 5.08. The second-order valence-electron chi connectivity index (χ2n) is 5.03. The van der Waals surface area contributed by atoms with Crippen molar-refractivity contribution in [3.63, 3.8) is 0 Å². The van der Waals surface area contributed by atoms with E-state index in [0.717, 1.165) is 6.42 Å². The molecule has 0 radical (unpaired) electrons. The quantitative estimate of drug-likeness (QED) is 0.857. The van der Waals surface area contributed by atoms with Gasteiger partial charge in [0.05, 0.1) is 17.3 Å². The standard InChI is InChI=1S/C14H14Cl2N4O2/c15-10-1-2-13(12(16)7-10)22-9-14(21)19-5-3-11(8-19)20-6-4-17-18-20/h1-2,4,6-7,11H,3,5,8-9H2. The fourth-order valence-corrected chi connectivity index (χ4v) is 2.88. The molecule has 116 valence electrons. The molecule has 22 heavy (non-hydrogen) atoms. The van der Waals surface area contributed by atoms with Gasteiger partial charge in [-0.1, -0.05) is 28.4 Å². The maximum Gasteiger partial charge on any atom is 0.260 e. The third-order valence-electron chi connectivity index (χ3n) is 3.58. The molecule has 2 heterocycles. The first-order chi connectivity index (χ1) is 10.6. The third-order valence-corrected chi connectivity index (χ3v) is 4.11. The maximum atomic E-state index is 12.2. The van der Waals surface area contributed by atoms with Crippen LogP contribution in [0.4, 0.5) is 0 Å². The lowest BCUT2D eigenvalue weighted by molar-refractivity contribution is -0.132. The van der Waals surface area contributed by atoms with Gasteiger partial charge in [0.15, 0.2) is 6.61 Å². The minimum Gasteiger partial charge on any atom is -0.482 e. The Balaban J connectivity index is 1.54. The number of hydrogen-bond acceptors (Lipinski definition) is 4. The Labute approximate surface area is 137 Å². The van der Waals surface area contributed by atoms with Crippen LogP contribution < -0.4 is 4.74 Å². The Bertz CT molecular complexity index is 663. The number of halogens is 2. The molecule has 3 rings (SSSR count). The molecule has 1 aromatic carbocycles. The van der Waals surface area contributed by atoms with Crippen LogP contribution in [0.25, 0.3) is 0 Å². The molecule has 6 nitrogen and oxygen atoms in total. The predicted molar refractivity (Wildman–Crippen MR) is 82.2 cm³/mol. The number of nitrogens with zero attached hydrogens (tertiary/aromatic N) is 4. The van der Waals surface area contributed by atoms with Crippen LogP contribution in [-0.2, 0) is 4.79 Å². The molecule has 1 fully saturated rings. The van der Waals surface area contributed by atoms with Crippen molar-refractivity contribution in [2.75, 3.05) is 19.7 Å². The van der Waals surface area contributed by atoms with Gasteiger partial charge in [-0.2, -0.15) is 0 Å². The SMILES string of the molecule is O=C(COc1ccc(Cl)cc1Cl)N1CCC(n2ccnn2)C1. The van der Waals surface area contributed by atoms with Crippen molar-refractivity contribution in [3.05, 3.63) is 40.6 Å². The minimum atomic E-state index is -0.0753. The number of benzene rings is 1. The smallest absolute Gasteiger partial charge is 0.260 e. The van der Waals surface area contributed by atoms with E-state index in [1.54, 1.807) is 34.0 Å². The largest absolute Gasteiger partial charge is 0.482 e. The predicted octanol–water partition coefficient (Wildman–Crippen LogP) is 2.44. The number of carbonyl (C=O) groups excluding carboxylic acids is 1. The molecule has 1 aliphatic rings. The van der Waals surface area contributed by atoms with Crippen LogP contribution in [0, 0.1) is 0 Å². The van der Waals surface area contributed by atoms with E-state index in [4.69, 9.17) is 27.9 Å². The summed E-state index contributed by atoms with van der Waals surface area (Å²) in [7, 11) is 0. The molecule has 0 aliphatic carbocycles. The normalized spacial score (nSPS) is 17.7. The first kappa shape index (κ1) is 15.1. The number of amides is 1. The van der Waals surface area contributed by atoms with Crippen LogP contribution in [0.3, 0.4) is 0 Å². The highest BCUT2D eigenvalue weighted by Gasteiger charge is 2.28. The summed E-state index contributed by atoms with van der Waals surface area (Å²) in [6.07, 6.45) is 4.30. The third kappa shape index (κ3) is 3.34. The van der Waals surface area contributed by atoms with Gasteiger partial charge in [-0.05, 0) is 24.6 Å². The molecule has 1 aliphatic heterocycles. The number of hydrogen-bond donors (Lipinski definition) is 0. The molecule has 0 saturated carbocycles. The van der Waals surface area contributed by atoms with Crippen LogP contribution in [-0.4, -0.2) is 45.5 Å². The molecule has 2 aromatic rings. The number of ether oxygens (including phenoxy) is 1. The molecular formula is C14H14Cl2N4O2. The molecule has 1 amide bonds. The van der Waals surface area contributed by atoms with E-state index in [1.807, 2.05) is 6.20 Å². The summed E-state index contributed by atoms with van der Waals surface area (Å²) < 4.78 is 7.26. The van der Waals surface area contributed by atoms with Crippen LogP contribution in [0.1, 0.15) is 12.5 Å². The Morgan fingerprint density at radius 2 is 2.27 bits per heavy atom. The van der Waals surface area contributed by atoms with Gasteiger partial charge in [0, 0.05) is 24.3 Å². The summed E-state index contributed by atoms with van der Waals surface area (Å²) in [6.45, 7) is 1.24. The maximum absolute atomic E-state index is 12.2. The molecule has 8 heteroatoms. The second kappa shape index (κ2) is 6.54. The first-order valence-electron chi connectivity index (χ1n) is 6.85. The van der Waals surface area contributed by atoms with Crippen molar-refractivity contribution in [2.45, 2.75) is 12.5 Å². The van der Waals surface area contributed by atoms with Crippen LogP contribution in [0.5, 0.6) is 5.75 Å². The van der Waals surface area contributed by atoms with E-state index in [9.17, 15) is 4.79 Å². The zero-order valence-corrected chi connectivity index (χ0v) is 13.2. The van der Waals surface area contributed by atoms with Crippen molar-refractivity contribution >= 4 is 29.1 Å². The number of aromatic nitrogens is 3. The van der Waals surface area contributed by atoms with E-state index in [-0.39, 0.29) is 18.6 Å². The van der Waals surface area contributed by atoms with Gasteiger partial charge < -0.3 is 9.64 Å². The van der Waals surface area contributed by atoms with E-state index >= 15 is 0 Å². The molecule has 1 unspecified atom stereocenters. The Morgan fingerprint density at radius 3 is 3.00 bits per heavy atom. The van der Waals surface area contributed by atoms with Crippen molar-refractivity contribution in [1.29, 1.82) is 0 Å². The van der Waals surface area contributed by atoms with E-state index in [1.165, 1.54) is 0 Å². The van der Waals surface area contributed by atoms with E-state index in [2.05, 4.69) is 10.3 Å². The summed E-state index contributed by atoms with van der Waals surface area (Å²) in [5.74, 6) is 0.375. The highest BCUT2D eigenvalue weighted by molar-refractivity contribution is 6.35. The fraction of sp³-hybridized carbons (Fsp3) is 0.357. The van der Waals surface area contributed by atoms with E-state index in [0.29, 0.717) is 28.9 Å². The lowest BCUT2D eigenvalue weighted by atomic mass is 10.3. The minimum absolute atomic E-state index is 0.0502. The topological polar surface area (TPSA) is 60.2 Å². The average Bonchev–Trinajstić information content (AvgIpc) is 3.17. The number of rotatable bonds is 4. The van der Waals surface area contributed by atoms with Gasteiger partial charge >= 0.3 is 0 Å². The van der Waals surface area contributed by atoms with Crippen LogP contribution in [0.2, 0.25) is 10.0 Å². The highest BCUT2D eigenvalue weighted by Crippen LogP contribution is 2.27. The van der Waals surface area contributed by atoms with Gasteiger partial charge in [0.1, 0.15) is 5.75 Å². The molecule has 0 spiro atoms. The molecule has 1 saturated heterocycles. The van der Waals surface area contributed by atoms with Crippen molar-refractivity contribution in [2.24, 2.45) is 0 Å². The average molecular weight is 341 g/mol. The van der Waals surface area contributed by atoms with Gasteiger partial charge in [-0.25, -0.2) is 4.68 Å². The lowest BCUT2D eigenvalue weighted by Crippen LogP contribution is -2.33. The van der Waals surface area contributed by atoms with Crippen molar-refractivity contribution < 1.29 is 9.53 Å². The lowest BCUT2D eigenvalue weighted by Gasteiger charge is -2.17. The molecule has 0 bridgehead atoms. The molecule has 0 N–H and O–H groups in total. The summed E-state index contributed by atoms with van der Waals surface area (Å²) in [5.41, 5.74) is 0. The van der Waals surface area contributed by atoms with Gasteiger partial charge in [0.2, 0.25) is 0 Å². The Kier molecular flexibility index (Phi) is 4.49. The zero-order valence-electron chi connectivity index (χ0n) is 11.7. The summed E-state index contributed by atoms with van der Waals surface area (Å²) in [4.78, 5) is 14.0. The fourth-order valence-electron chi connectivity index (χ4n) is 2.42. The Hall–Kier alpha value is -1.79. The van der Waals surface area contributed by atoms with Crippen molar-refractivity contribution in [3.8, 4) is 5.75 Å². The molecule has 1 aromatic heterocycles. The summed E-state index contributed by atoms with van der Waals surface area (Å²) in [5, 5.41) is 8.68. The van der Waals surface area contributed by atoms with E-state index < -0.39 is 0 Å². The monoisotopic (exact) mass is 340 g/mol. The Morgan fingerprint density at radius 1 is 1.41 bits per heavy atom. The molecule has 1 atom stereocenters.